The van der Waals surface area contributed by atoms with E-state index < -0.39 is 29.9 Å². The molecular weight excluding hydrogens is 356 g/mol. The molecule has 0 aliphatic carbocycles. The maximum absolute atomic E-state index is 13.6. The summed E-state index contributed by atoms with van der Waals surface area (Å²) in [5, 5.41) is 20.5. The molecule has 1 aromatic carbocycles. The summed E-state index contributed by atoms with van der Waals surface area (Å²) in [5.41, 5.74) is -0.0906. The number of hydrogen-bond acceptors (Lipinski definition) is 4. The molecule has 0 aliphatic rings. The smallest absolute Gasteiger partial charge is 0.217 e. The van der Waals surface area contributed by atoms with Gasteiger partial charge in [-0.05, 0) is 12.1 Å². The van der Waals surface area contributed by atoms with Crippen molar-refractivity contribution in [1.29, 1.82) is 0 Å². The molecule has 8 heteroatoms. The van der Waals surface area contributed by atoms with E-state index in [-0.39, 0.29) is 17.1 Å². The summed E-state index contributed by atoms with van der Waals surface area (Å²) >= 11 is 4.07. The first-order valence-corrected chi connectivity index (χ1v) is 7.60. The number of carbonyl (C=O) groups is 1. The maximum Gasteiger partial charge on any atom is 0.217 e. The van der Waals surface area contributed by atoms with Crippen LogP contribution in [0.5, 0.6) is 0 Å². The van der Waals surface area contributed by atoms with Crippen molar-refractivity contribution in [3.63, 3.8) is 0 Å². The van der Waals surface area contributed by atoms with Crippen molar-refractivity contribution < 1.29 is 23.8 Å². The minimum absolute atomic E-state index is 0.0216. The number of nitrogens with one attached hydrogen (secondary N) is 1. The first-order valence-electron chi connectivity index (χ1n) is 5.65. The van der Waals surface area contributed by atoms with E-state index >= 15 is 0 Å². The Kier molecular flexibility index (Phi) is 6.87. The second-order valence-electron chi connectivity index (χ2n) is 4.08. The van der Waals surface area contributed by atoms with Gasteiger partial charge in [-0.2, -0.15) is 11.8 Å². The topological polar surface area (TPSA) is 69.6 Å². The molecule has 0 radical (unpaired) electrons. The van der Waals surface area contributed by atoms with Crippen LogP contribution in [0.25, 0.3) is 0 Å². The summed E-state index contributed by atoms with van der Waals surface area (Å²) in [4.78, 5) is 10.9. The molecule has 0 heterocycles. The van der Waals surface area contributed by atoms with Crippen molar-refractivity contribution in [2.45, 2.75) is 25.0 Å². The van der Waals surface area contributed by atoms with Gasteiger partial charge in [0, 0.05) is 28.5 Å². The third-order valence-electron chi connectivity index (χ3n) is 2.40. The standard InChI is InChI=1S/C12H14BrF2NO3S/c1-6(17)16-11(12(18)19)5-20-4-8-9(14)2-7(13)3-10(8)15/h2-3,11-12,18-19H,4-5H2,1H3,(H,16,17). The van der Waals surface area contributed by atoms with E-state index in [2.05, 4.69) is 21.2 Å². The normalized spacial score (nSPS) is 12.6. The van der Waals surface area contributed by atoms with Crippen LogP contribution in [0.15, 0.2) is 16.6 Å². The quantitative estimate of drug-likeness (QED) is 0.668. The average molecular weight is 370 g/mol. The molecule has 3 N–H and O–H groups in total. The Balaban J connectivity index is 2.61. The van der Waals surface area contributed by atoms with E-state index in [9.17, 15) is 13.6 Å². The van der Waals surface area contributed by atoms with E-state index in [0.717, 1.165) is 23.9 Å². The van der Waals surface area contributed by atoms with Gasteiger partial charge in [-0.25, -0.2) is 8.78 Å². The predicted octanol–water partition coefficient (Wildman–Crippen LogP) is 1.78. The Morgan fingerprint density at radius 1 is 1.40 bits per heavy atom. The highest BCUT2D eigenvalue weighted by Crippen LogP contribution is 2.23. The molecule has 0 spiro atoms. The van der Waals surface area contributed by atoms with Crippen LogP contribution in [0.2, 0.25) is 0 Å². The van der Waals surface area contributed by atoms with Gasteiger partial charge >= 0.3 is 0 Å². The number of benzene rings is 1. The second kappa shape index (κ2) is 7.92. The molecule has 1 rings (SSSR count). The molecule has 1 unspecified atom stereocenters. The molecule has 1 amide bonds. The lowest BCUT2D eigenvalue weighted by Crippen LogP contribution is -2.44. The Hall–Kier alpha value is -0.700. The van der Waals surface area contributed by atoms with Gasteiger partial charge in [0.25, 0.3) is 0 Å². The number of aliphatic hydroxyl groups excluding tert-OH is 1. The largest absolute Gasteiger partial charge is 0.366 e. The first kappa shape index (κ1) is 17.4. The van der Waals surface area contributed by atoms with Gasteiger partial charge in [0.1, 0.15) is 11.6 Å². The number of aliphatic hydroxyl groups is 2. The van der Waals surface area contributed by atoms with E-state index in [1.807, 2.05) is 0 Å². The first-order chi connectivity index (χ1) is 9.31. The summed E-state index contributed by atoms with van der Waals surface area (Å²) in [7, 11) is 0. The lowest BCUT2D eigenvalue weighted by Gasteiger charge is -2.19. The number of halogens is 3. The van der Waals surface area contributed by atoms with Crippen molar-refractivity contribution in [3.05, 3.63) is 33.8 Å². The highest BCUT2D eigenvalue weighted by atomic mass is 79.9. The predicted molar refractivity (Wildman–Crippen MR) is 76.1 cm³/mol. The second-order valence-corrected chi connectivity index (χ2v) is 6.03. The number of hydrogen-bond donors (Lipinski definition) is 3. The van der Waals surface area contributed by atoms with Crippen LogP contribution in [-0.4, -0.2) is 34.2 Å². The summed E-state index contributed by atoms with van der Waals surface area (Å²) in [6, 6.07) is 1.43. The summed E-state index contributed by atoms with van der Waals surface area (Å²) in [6.07, 6.45) is -1.73. The summed E-state index contributed by atoms with van der Waals surface area (Å²) < 4.78 is 27.4. The van der Waals surface area contributed by atoms with Gasteiger partial charge in [-0.15, -0.1) is 0 Å². The molecule has 0 aromatic heterocycles. The van der Waals surface area contributed by atoms with Crippen LogP contribution in [0.4, 0.5) is 8.78 Å². The Bertz CT molecular complexity index is 465. The highest BCUT2D eigenvalue weighted by Gasteiger charge is 2.18. The SMILES string of the molecule is CC(=O)NC(CSCc1c(F)cc(Br)cc1F)C(O)O. The van der Waals surface area contributed by atoms with Crippen LogP contribution in [0.1, 0.15) is 12.5 Å². The number of thioether (sulfide) groups is 1. The van der Waals surface area contributed by atoms with E-state index in [1.54, 1.807) is 0 Å². The van der Waals surface area contributed by atoms with Crippen molar-refractivity contribution in [3.8, 4) is 0 Å². The molecule has 0 bridgehead atoms. The van der Waals surface area contributed by atoms with Crippen LogP contribution in [-0.2, 0) is 10.5 Å². The van der Waals surface area contributed by atoms with Crippen molar-refractivity contribution in [1.82, 2.24) is 5.32 Å². The molecule has 20 heavy (non-hydrogen) atoms. The fourth-order valence-electron chi connectivity index (χ4n) is 1.46. The van der Waals surface area contributed by atoms with Gasteiger partial charge in [0.15, 0.2) is 6.29 Å². The Morgan fingerprint density at radius 2 is 1.95 bits per heavy atom. The summed E-state index contributed by atoms with van der Waals surface area (Å²) in [6.45, 7) is 1.24. The monoisotopic (exact) mass is 369 g/mol. The minimum Gasteiger partial charge on any atom is -0.366 e. The molecular formula is C12H14BrF2NO3S. The number of carbonyl (C=O) groups excluding carboxylic acids is 1. The van der Waals surface area contributed by atoms with Gasteiger partial charge in [-0.1, -0.05) is 15.9 Å². The summed E-state index contributed by atoms with van der Waals surface area (Å²) in [5.74, 6) is -1.63. The fourth-order valence-corrected chi connectivity index (χ4v) is 2.97. The maximum atomic E-state index is 13.6. The van der Waals surface area contributed by atoms with Crippen LogP contribution >= 0.6 is 27.7 Å². The van der Waals surface area contributed by atoms with Gasteiger partial charge < -0.3 is 15.5 Å². The molecule has 0 aliphatic heterocycles. The van der Waals surface area contributed by atoms with Crippen molar-refractivity contribution in [2.24, 2.45) is 0 Å². The molecule has 4 nitrogen and oxygen atoms in total. The molecule has 0 saturated heterocycles. The zero-order valence-corrected chi connectivity index (χ0v) is 13.0. The van der Waals surface area contributed by atoms with E-state index in [0.29, 0.717) is 4.47 Å². The zero-order chi connectivity index (χ0) is 15.3. The van der Waals surface area contributed by atoms with Crippen molar-refractivity contribution >= 4 is 33.6 Å². The fraction of sp³-hybridized carbons (Fsp3) is 0.417. The van der Waals surface area contributed by atoms with Crippen LogP contribution in [0.3, 0.4) is 0 Å². The molecule has 1 aromatic rings. The molecule has 0 fully saturated rings. The van der Waals surface area contributed by atoms with Crippen LogP contribution < -0.4 is 5.32 Å². The highest BCUT2D eigenvalue weighted by molar-refractivity contribution is 9.10. The Morgan fingerprint density at radius 3 is 2.40 bits per heavy atom. The van der Waals surface area contributed by atoms with Gasteiger partial charge in [0.05, 0.1) is 6.04 Å². The number of amides is 1. The minimum atomic E-state index is -1.73. The zero-order valence-electron chi connectivity index (χ0n) is 10.6. The van der Waals surface area contributed by atoms with E-state index in [4.69, 9.17) is 10.2 Å². The molecule has 112 valence electrons. The third-order valence-corrected chi connectivity index (χ3v) is 3.94. The number of rotatable bonds is 6. The average Bonchev–Trinajstić information content (AvgIpc) is 2.30. The third kappa shape index (κ3) is 5.35. The lowest BCUT2D eigenvalue weighted by molar-refractivity contribution is -0.124. The molecule has 1 atom stereocenters. The molecule has 0 saturated carbocycles. The van der Waals surface area contributed by atoms with Crippen molar-refractivity contribution in [2.75, 3.05) is 5.75 Å². The van der Waals surface area contributed by atoms with Gasteiger partial charge in [-0.3, -0.25) is 4.79 Å². The van der Waals surface area contributed by atoms with Gasteiger partial charge in [0.2, 0.25) is 5.91 Å². The lowest BCUT2D eigenvalue weighted by atomic mass is 10.2. The Labute approximate surface area is 127 Å². The van der Waals surface area contributed by atoms with E-state index in [1.165, 1.54) is 6.92 Å². The van der Waals surface area contributed by atoms with Crippen LogP contribution in [0, 0.1) is 11.6 Å².